The molecule has 0 bridgehead atoms. The molecule has 1 aromatic heterocycles. The van der Waals surface area contributed by atoms with Crippen molar-refractivity contribution in [2.45, 2.75) is 20.3 Å². The minimum atomic E-state index is 0.0350. The molecule has 6 nitrogen and oxygen atoms in total. The van der Waals surface area contributed by atoms with E-state index in [4.69, 9.17) is 4.52 Å². The number of nitrogens with one attached hydrogen (secondary N) is 1. The Morgan fingerprint density at radius 2 is 2.17 bits per heavy atom. The first-order valence-corrected chi connectivity index (χ1v) is 6.41. The Morgan fingerprint density at radius 3 is 2.72 bits per heavy atom. The summed E-state index contributed by atoms with van der Waals surface area (Å²) in [6.45, 7) is 7.71. The standard InChI is InChI=1S/C12H20N4O2/c1-3-4-13-12(17)16-7-5-15(6-8-16)11-9-10(2)18-14-11/h9H,3-8H2,1-2H3,(H,13,17). The van der Waals surface area contributed by atoms with E-state index < -0.39 is 0 Å². The van der Waals surface area contributed by atoms with Crippen molar-refractivity contribution in [1.29, 1.82) is 0 Å². The molecule has 0 aromatic carbocycles. The maximum absolute atomic E-state index is 11.8. The highest BCUT2D eigenvalue weighted by Crippen LogP contribution is 2.15. The van der Waals surface area contributed by atoms with Gasteiger partial charge in [-0.2, -0.15) is 0 Å². The number of hydrogen-bond acceptors (Lipinski definition) is 4. The molecule has 1 fully saturated rings. The Kier molecular flexibility index (Phi) is 4.07. The summed E-state index contributed by atoms with van der Waals surface area (Å²) in [7, 11) is 0. The van der Waals surface area contributed by atoms with E-state index in [1.165, 1.54) is 0 Å². The van der Waals surface area contributed by atoms with Crippen LogP contribution in [0.2, 0.25) is 0 Å². The maximum Gasteiger partial charge on any atom is 0.317 e. The molecular weight excluding hydrogens is 232 g/mol. The predicted molar refractivity (Wildman–Crippen MR) is 68.7 cm³/mol. The zero-order valence-corrected chi connectivity index (χ0v) is 11.0. The lowest BCUT2D eigenvalue weighted by Gasteiger charge is -2.34. The van der Waals surface area contributed by atoms with E-state index in [0.29, 0.717) is 0 Å². The number of hydrogen-bond donors (Lipinski definition) is 1. The number of piperazine rings is 1. The molecule has 100 valence electrons. The molecule has 2 rings (SSSR count). The third-order valence-corrected chi connectivity index (χ3v) is 3.03. The van der Waals surface area contributed by atoms with E-state index in [1.54, 1.807) is 0 Å². The van der Waals surface area contributed by atoms with Gasteiger partial charge in [0.2, 0.25) is 0 Å². The Labute approximate surface area is 107 Å². The molecule has 1 aromatic rings. The zero-order valence-electron chi connectivity index (χ0n) is 11.0. The van der Waals surface area contributed by atoms with E-state index in [2.05, 4.69) is 15.4 Å². The fourth-order valence-corrected chi connectivity index (χ4v) is 1.98. The minimum absolute atomic E-state index is 0.0350. The number of rotatable bonds is 3. The summed E-state index contributed by atoms with van der Waals surface area (Å²) in [4.78, 5) is 15.8. The van der Waals surface area contributed by atoms with Gasteiger partial charge in [0.1, 0.15) is 5.76 Å². The van der Waals surface area contributed by atoms with Crippen molar-refractivity contribution < 1.29 is 9.32 Å². The van der Waals surface area contributed by atoms with Gasteiger partial charge < -0.3 is 19.6 Å². The van der Waals surface area contributed by atoms with Gasteiger partial charge in [0, 0.05) is 38.8 Å². The van der Waals surface area contributed by atoms with Crippen LogP contribution in [0.15, 0.2) is 10.6 Å². The average molecular weight is 252 g/mol. The maximum atomic E-state index is 11.8. The summed E-state index contributed by atoms with van der Waals surface area (Å²) >= 11 is 0. The lowest BCUT2D eigenvalue weighted by Crippen LogP contribution is -2.52. The van der Waals surface area contributed by atoms with Crippen LogP contribution in [-0.4, -0.2) is 48.8 Å². The largest absolute Gasteiger partial charge is 0.360 e. The average Bonchev–Trinajstić information content (AvgIpc) is 2.83. The van der Waals surface area contributed by atoms with Gasteiger partial charge in [0.15, 0.2) is 5.82 Å². The number of urea groups is 1. The van der Waals surface area contributed by atoms with Crippen LogP contribution in [0.5, 0.6) is 0 Å². The second-order valence-electron chi connectivity index (χ2n) is 4.50. The Hall–Kier alpha value is -1.72. The topological polar surface area (TPSA) is 61.6 Å². The molecule has 1 aliphatic rings. The van der Waals surface area contributed by atoms with Crippen LogP contribution in [0.1, 0.15) is 19.1 Å². The Balaban J connectivity index is 1.82. The van der Waals surface area contributed by atoms with Crippen LogP contribution in [0, 0.1) is 6.92 Å². The molecule has 0 aliphatic carbocycles. The highest BCUT2D eigenvalue weighted by atomic mass is 16.5. The summed E-state index contributed by atoms with van der Waals surface area (Å²) in [6, 6.07) is 1.96. The molecule has 0 radical (unpaired) electrons. The number of anilines is 1. The van der Waals surface area contributed by atoms with E-state index in [0.717, 1.165) is 50.7 Å². The number of carbonyl (C=O) groups is 1. The van der Waals surface area contributed by atoms with Crippen molar-refractivity contribution in [1.82, 2.24) is 15.4 Å². The molecule has 1 N–H and O–H groups in total. The highest BCUT2D eigenvalue weighted by molar-refractivity contribution is 5.74. The van der Waals surface area contributed by atoms with Crippen molar-refractivity contribution >= 4 is 11.8 Å². The smallest absolute Gasteiger partial charge is 0.317 e. The monoisotopic (exact) mass is 252 g/mol. The van der Waals surface area contributed by atoms with E-state index in [9.17, 15) is 4.79 Å². The van der Waals surface area contributed by atoms with Crippen LogP contribution in [0.4, 0.5) is 10.6 Å². The Morgan fingerprint density at radius 1 is 1.44 bits per heavy atom. The van der Waals surface area contributed by atoms with Crippen LogP contribution >= 0.6 is 0 Å². The third-order valence-electron chi connectivity index (χ3n) is 3.03. The van der Waals surface area contributed by atoms with E-state index in [1.807, 2.05) is 24.8 Å². The highest BCUT2D eigenvalue weighted by Gasteiger charge is 2.22. The molecule has 18 heavy (non-hydrogen) atoms. The lowest BCUT2D eigenvalue weighted by atomic mass is 10.3. The molecule has 0 saturated carbocycles. The van der Waals surface area contributed by atoms with E-state index in [-0.39, 0.29) is 6.03 Å². The van der Waals surface area contributed by atoms with E-state index >= 15 is 0 Å². The summed E-state index contributed by atoms with van der Waals surface area (Å²) in [5.74, 6) is 1.68. The number of aryl methyl sites for hydroxylation is 1. The molecule has 2 heterocycles. The summed E-state index contributed by atoms with van der Waals surface area (Å²) in [5.41, 5.74) is 0. The number of aromatic nitrogens is 1. The second-order valence-corrected chi connectivity index (χ2v) is 4.50. The molecule has 0 unspecified atom stereocenters. The van der Waals surface area contributed by atoms with Crippen molar-refractivity contribution in [2.75, 3.05) is 37.6 Å². The van der Waals surface area contributed by atoms with Gasteiger partial charge in [-0.15, -0.1) is 0 Å². The normalized spacial score (nSPS) is 15.9. The summed E-state index contributed by atoms with van der Waals surface area (Å²) in [6.07, 6.45) is 0.962. The molecule has 1 saturated heterocycles. The number of carbonyl (C=O) groups excluding carboxylic acids is 1. The van der Waals surface area contributed by atoms with Crippen molar-refractivity contribution in [2.24, 2.45) is 0 Å². The van der Waals surface area contributed by atoms with Crippen LogP contribution in [-0.2, 0) is 0 Å². The van der Waals surface area contributed by atoms with Gasteiger partial charge >= 0.3 is 6.03 Å². The first-order valence-electron chi connectivity index (χ1n) is 6.41. The Bertz CT molecular complexity index is 397. The van der Waals surface area contributed by atoms with Gasteiger partial charge in [-0.05, 0) is 13.3 Å². The summed E-state index contributed by atoms with van der Waals surface area (Å²) < 4.78 is 5.06. The number of amides is 2. The van der Waals surface area contributed by atoms with Crippen LogP contribution < -0.4 is 10.2 Å². The molecule has 2 amide bonds. The first-order chi connectivity index (χ1) is 8.70. The molecular formula is C12H20N4O2. The van der Waals surface area contributed by atoms with Gasteiger partial charge in [0.05, 0.1) is 0 Å². The molecule has 6 heteroatoms. The first kappa shape index (κ1) is 12.7. The van der Waals surface area contributed by atoms with Crippen molar-refractivity contribution in [3.8, 4) is 0 Å². The van der Waals surface area contributed by atoms with Gasteiger partial charge in [-0.25, -0.2) is 4.79 Å². The SMILES string of the molecule is CCCNC(=O)N1CCN(c2cc(C)on2)CC1. The molecule has 0 atom stereocenters. The van der Waals surface area contributed by atoms with Crippen LogP contribution in [0.3, 0.4) is 0 Å². The quantitative estimate of drug-likeness (QED) is 0.878. The summed E-state index contributed by atoms with van der Waals surface area (Å²) in [5, 5.41) is 6.89. The second kappa shape index (κ2) is 5.75. The van der Waals surface area contributed by atoms with Gasteiger partial charge in [-0.1, -0.05) is 12.1 Å². The molecule has 1 aliphatic heterocycles. The predicted octanol–water partition coefficient (Wildman–Crippen LogP) is 1.22. The zero-order chi connectivity index (χ0) is 13.0. The van der Waals surface area contributed by atoms with Gasteiger partial charge in [-0.3, -0.25) is 0 Å². The van der Waals surface area contributed by atoms with Crippen molar-refractivity contribution in [3.05, 3.63) is 11.8 Å². The third kappa shape index (κ3) is 2.94. The fourth-order valence-electron chi connectivity index (χ4n) is 1.98. The lowest BCUT2D eigenvalue weighted by molar-refractivity contribution is 0.194. The minimum Gasteiger partial charge on any atom is -0.360 e. The number of nitrogens with zero attached hydrogens (tertiary/aromatic N) is 3. The molecule has 0 spiro atoms. The van der Waals surface area contributed by atoms with Crippen LogP contribution in [0.25, 0.3) is 0 Å². The van der Waals surface area contributed by atoms with Crippen molar-refractivity contribution in [3.63, 3.8) is 0 Å². The van der Waals surface area contributed by atoms with Gasteiger partial charge in [0.25, 0.3) is 0 Å². The fraction of sp³-hybridized carbons (Fsp3) is 0.667.